The second kappa shape index (κ2) is 5.48. The number of aromatic hydroxyl groups is 1. The van der Waals surface area contributed by atoms with Crippen LogP contribution in [0.25, 0.3) is 17.0 Å². The summed E-state index contributed by atoms with van der Waals surface area (Å²) in [4.78, 5) is 20.4. The minimum atomic E-state index is -0.608. The summed E-state index contributed by atoms with van der Waals surface area (Å²) in [7, 11) is 0. The van der Waals surface area contributed by atoms with Crippen LogP contribution in [0.3, 0.4) is 0 Å². The summed E-state index contributed by atoms with van der Waals surface area (Å²) in [6, 6.07) is 9.60. The fourth-order valence-electron chi connectivity index (χ4n) is 2.35. The summed E-state index contributed by atoms with van der Waals surface area (Å²) in [6.07, 6.45) is 1.28. The lowest BCUT2D eigenvalue weighted by atomic mass is 10.1. The van der Waals surface area contributed by atoms with Crippen molar-refractivity contribution in [2.75, 3.05) is 6.61 Å². The van der Waals surface area contributed by atoms with E-state index in [0.717, 1.165) is 5.56 Å². The van der Waals surface area contributed by atoms with Crippen LogP contribution in [0.15, 0.2) is 36.5 Å². The van der Waals surface area contributed by atoms with Gasteiger partial charge in [0, 0.05) is 5.56 Å². The number of carbonyl (C=O) groups is 1. The summed E-state index contributed by atoms with van der Waals surface area (Å²) >= 11 is 0. The molecular weight excluding hydrogens is 282 g/mol. The van der Waals surface area contributed by atoms with Crippen LogP contribution in [-0.4, -0.2) is 32.1 Å². The normalized spacial score (nSPS) is 10.8. The Balaban J connectivity index is 2.19. The molecule has 0 unspecified atom stereocenters. The van der Waals surface area contributed by atoms with Gasteiger partial charge in [-0.15, -0.1) is 0 Å². The summed E-state index contributed by atoms with van der Waals surface area (Å²) < 4.78 is 6.37. The second-order valence-corrected chi connectivity index (χ2v) is 4.76. The topological polar surface area (TPSA) is 76.7 Å². The van der Waals surface area contributed by atoms with Crippen molar-refractivity contribution in [1.29, 1.82) is 0 Å². The molecule has 112 valence electrons. The number of nitrogens with zero attached hydrogens (tertiary/aromatic N) is 3. The van der Waals surface area contributed by atoms with E-state index in [1.807, 2.05) is 37.3 Å². The molecule has 0 aliphatic rings. The number of rotatable bonds is 3. The minimum Gasteiger partial charge on any atom is -0.493 e. The van der Waals surface area contributed by atoms with E-state index in [-0.39, 0.29) is 18.1 Å². The van der Waals surface area contributed by atoms with Crippen molar-refractivity contribution >= 4 is 11.7 Å². The molecule has 3 rings (SSSR count). The maximum atomic E-state index is 11.8. The molecule has 0 aliphatic heterocycles. The van der Waals surface area contributed by atoms with Gasteiger partial charge in [-0.1, -0.05) is 30.3 Å². The Morgan fingerprint density at radius 3 is 2.73 bits per heavy atom. The molecule has 0 amide bonds. The predicted molar refractivity (Wildman–Crippen MR) is 80.8 cm³/mol. The third-order valence-electron chi connectivity index (χ3n) is 3.39. The largest absolute Gasteiger partial charge is 0.493 e. The molecule has 22 heavy (non-hydrogen) atoms. The number of imidazole rings is 1. The first-order valence-electron chi connectivity index (χ1n) is 6.93. The smallest absolute Gasteiger partial charge is 0.345 e. The summed E-state index contributed by atoms with van der Waals surface area (Å²) in [6.45, 7) is 3.75. The van der Waals surface area contributed by atoms with Crippen LogP contribution in [0.4, 0.5) is 0 Å². The fourth-order valence-corrected chi connectivity index (χ4v) is 2.35. The molecule has 3 aromatic rings. The molecule has 1 aromatic carbocycles. The van der Waals surface area contributed by atoms with Crippen molar-refractivity contribution < 1.29 is 14.6 Å². The van der Waals surface area contributed by atoms with Gasteiger partial charge >= 0.3 is 5.97 Å². The van der Waals surface area contributed by atoms with Gasteiger partial charge in [0.25, 0.3) is 0 Å². The predicted octanol–water partition coefficient (Wildman–Crippen LogP) is 2.59. The molecule has 0 atom stereocenters. The number of ether oxygens (including phenoxy) is 1. The average molecular weight is 297 g/mol. The molecule has 0 aliphatic carbocycles. The molecular formula is C16H15N3O3. The highest BCUT2D eigenvalue weighted by Crippen LogP contribution is 2.27. The van der Waals surface area contributed by atoms with E-state index in [1.165, 1.54) is 10.6 Å². The molecule has 0 spiro atoms. The van der Waals surface area contributed by atoms with Gasteiger partial charge in [-0.25, -0.2) is 14.8 Å². The Morgan fingerprint density at radius 1 is 1.32 bits per heavy atom. The van der Waals surface area contributed by atoms with E-state index >= 15 is 0 Å². The van der Waals surface area contributed by atoms with Gasteiger partial charge in [0.15, 0.2) is 0 Å². The van der Waals surface area contributed by atoms with Gasteiger partial charge in [0.05, 0.1) is 24.2 Å². The summed E-state index contributed by atoms with van der Waals surface area (Å²) in [5.41, 5.74) is 2.36. The number of aromatic nitrogens is 3. The van der Waals surface area contributed by atoms with Crippen LogP contribution in [0.2, 0.25) is 0 Å². The van der Waals surface area contributed by atoms with E-state index in [4.69, 9.17) is 4.74 Å². The van der Waals surface area contributed by atoms with Gasteiger partial charge < -0.3 is 9.84 Å². The van der Waals surface area contributed by atoms with Crippen LogP contribution in [0.1, 0.15) is 23.0 Å². The van der Waals surface area contributed by atoms with Gasteiger partial charge in [-0.05, 0) is 13.8 Å². The highest BCUT2D eigenvalue weighted by molar-refractivity contribution is 5.91. The first-order valence-corrected chi connectivity index (χ1v) is 6.93. The molecule has 0 saturated heterocycles. The van der Waals surface area contributed by atoms with Crippen molar-refractivity contribution in [2.24, 2.45) is 0 Å². The Kier molecular flexibility index (Phi) is 3.50. The Morgan fingerprint density at radius 2 is 2.05 bits per heavy atom. The Hall–Kier alpha value is -2.89. The zero-order valence-electron chi connectivity index (χ0n) is 12.3. The number of esters is 1. The van der Waals surface area contributed by atoms with E-state index in [2.05, 4.69) is 9.97 Å². The number of hydrogen-bond donors (Lipinski definition) is 1. The van der Waals surface area contributed by atoms with Crippen molar-refractivity contribution in [1.82, 2.24) is 14.4 Å². The fraction of sp³-hybridized carbons (Fsp3) is 0.188. The van der Waals surface area contributed by atoms with Gasteiger partial charge in [-0.2, -0.15) is 0 Å². The highest BCUT2D eigenvalue weighted by Gasteiger charge is 2.20. The van der Waals surface area contributed by atoms with Crippen LogP contribution in [0, 0.1) is 6.92 Å². The maximum absolute atomic E-state index is 11.8. The molecule has 1 N–H and O–H groups in total. The van der Waals surface area contributed by atoms with E-state index in [1.54, 1.807) is 6.92 Å². The standard InChI is InChI=1S/C16H15N3O3/c1-3-22-15(21)12-9-17-16-18-13(10(2)19(16)14(12)20)11-7-5-4-6-8-11/h4-9,20H,3H2,1-2H3. The quantitative estimate of drug-likeness (QED) is 0.752. The van der Waals surface area contributed by atoms with E-state index in [9.17, 15) is 9.90 Å². The molecule has 0 fully saturated rings. The lowest BCUT2D eigenvalue weighted by molar-refractivity contribution is 0.0521. The zero-order valence-corrected chi connectivity index (χ0v) is 12.3. The number of benzene rings is 1. The molecule has 6 heteroatoms. The van der Waals surface area contributed by atoms with Crippen LogP contribution in [0.5, 0.6) is 5.88 Å². The number of fused-ring (bicyclic) bond motifs is 1. The third-order valence-corrected chi connectivity index (χ3v) is 3.39. The Labute approximate surface area is 127 Å². The molecule has 6 nitrogen and oxygen atoms in total. The minimum absolute atomic E-state index is 0.0226. The number of aryl methyl sites for hydroxylation is 1. The monoisotopic (exact) mass is 297 g/mol. The molecule has 0 radical (unpaired) electrons. The van der Waals surface area contributed by atoms with Crippen molar-refractivity contribution in [2.45, 2.75) is 13.8 Å². The first-order chi connectivity index (χ1) is 10.6. The lowest BCUT2D eigenvalue weighted by Gasteiger charge is -2.06. The van der Waals surface area contributed by atoms with E-state index < -0.39 is 5.97 Å². The number of hydrogen-bond acceptors (Lipinski definition) is 5. The average Bonchev–Trinajstić information content (AvgIpc) is 2.86. The van der Waals surface area contributed by atoms with Gasteiger partial charge in [0.1, 0.15) is 5.56 Å². The summed E-state index contributed by atoms with van der Waals surface area (Å²) in [5.74, 6) is -0.485. The maximum Gasteiger partial charge on any atom is 0.345 e. The molecule has 2 aromatic heterocycles. The zero-order chi connectivity index (χ0) is 15.7. The Bertz CT molecular complexity index is 841. The first kappa shape index (κ1) is 14.1. The third kappa shape index (κ3) is 2.18. The van der Waals surface area contributed by atoms with Crippen molar-refractivity contribution in [3.63, 3.8) is 0 Å². The molecule has 2 heterocycles. The number of carbonyl (C=O) groups excluding carboxylic acids is 1. The van der Waals surface area contributed by atoms with Gasteiger partial charge in [0.2, 0.25) is 11.7 Å². The van der Waals surface area contributed by atoms with Crippen LogP contribution < -0.4 is 0 Å². The summed E-state index contributed by atoms with van der Waals surface area (Å²) in [5, 5.41) is 10.4. The van der Waals surface area contributed by atoms with Crippen LogP contribution in [-0.2, 0) is 4.74 Å². The SMILES string of the molecule is CCOC(=O)c1cnc2nc(-c3ccccc3)c(C)n2c1O. The van der Waals surface area contributed by atoms with E-state index in [0.29, 0.717) is 17.2 Å². The highest BCUT2D eigenvalue weighted by atomic mass is 16.5. The van der Waals surface area contributed by atoms with Gasteiger partial charge in [-0.3, -0.25) is 4.40 Å². The van der Waals surface area contributed by atoms with Crippen molar-refractivity contribution in [3.05, 3.63) is 47.8 Å². The van der Waals surface area contributed by atoms with Crippen molar-refractivity contribution in [3.8, 4) is 17.1 Å². The lowest BCUT2D eigenvalue weighted by Crippen LogP contribution is -2.08. The van der Waals surface area contributed by atoms with Crippen LogP contribution >= 0.6 is 0 Å². The molecule has 0 bridgehead atoms. The molecule has 0 saturated carbocycles. The second-order valence-electron chi connectivity index (χ2n) is 4.76.